The zero-order chi connectivity index (χ0) is 14.6. The van der Waals surface area contributed by atoms with Crippen LogP contribution in [0, 0.1) is 5.92 Å². The van der Waals surface area contributed by atoms with Gasteiger partial charge in [0.05, 0.1) is 24.4 Å². The fraction of sp³-hybridized carbons (Fsp3) is 0.769. The van der Waals surface area contributed by atoms with Crippen LogP contribution >= 0.6 is 0 Å². The Bertz CT molecular complexity index is 433. The summed E-state index contributed by atoms with van der Waals surface area (Å²) in [6, 6.07) is 0. The minimum Gasteiger partial charge on any atom is -0.461 e. The Kier molecular flexibility index (Phi) is 5.05. The lowest BCUT2D eigenvalue weighted by Crippen LogP contribution is -2.28. The van der Waals surface area contributed by atoms with E-state index in [1.807, 2.05) is 0 Å². The average Bonchev–Trinajstić information content (AvgIpc) is 2.59. The second-order valence-corrected chi connectivity index (χ2v) is 5.67. The average molecular weight is 269 g/mol. The van der Waals surface area contributed by atoms with E-state index in [1.54, 1.807) is 25.5 Å². The van der Waals surface area contributed by atoms with Crippen LogP contribution in [0.25, 0.3) is 0 Å². The topological polar surface area (TPSA) is 77.2 Å². The Morgan fingerprint density at radius 1 is 1.47 bits per heavy atom. The van der Waals surface area contributed by atoms with E-state index < -0.39 is 11.6 Å². The highest BCUT2D eigenvalue weighted by Crippen LogP contribution is 2.16. The van der Waals surface area contributed by atoms with Crippen molar-refractivity contribution in [1.82, 2.24) is 15.0 Å². The molecule has 0 spiro atoms. The Hall–Kier alpha value is -1.43. The number of carbonyl (C=O) groups is 1. The van der Waals surface area contributed by atoms with Crippen LogP contribution in [-0.2, 0) is 17.7 Å². The van der Waals surface area contributed by atoms with E-state index in [9.17, 15) is 9.90 Å². The lowest BCUT2D eigenvalue weighted by molar-refractivity contribution is 0.0509. The molecule has 0 bridgehead atoms. The number of nitrogens with zero attached hydrogens (tertiary/aromatic N) is 3. The van der Waals surface area contributed by atoms with Crippen molar-refractivity contribution in [1.29, 1.82) is 0 Å². The van der Waals surface area contributed by atoms with Gasteiger partial charge in [-0.1, -0.05) is 19.1 Å². The van der Waals surface area contributed by atoms with Crippen molar-refractivity contribution in [3.8, 4) is 0 Å². The molecule has 1 aromatic rings. The third-order valence-electron chi connectivity index (χ3n) is 2.44. The second-order valence-electron chi connectivity index (χ2n) is 5.67. The minimum absolute atomic E-state index is 0.250. The first kappa shape index (κ1) is 15.6. The molecular weight excluding hydrogens is 246 g/mol. The summed E-state index contributed by atoms with van der Waals surface area (Å²) in [6.45, 7) is 9.84. The molecular formula is C13H23N3O3. The van der Waals surface area contributed by atoms with Crippen molar-refractivity contribution >= 4 is 5.97 Å². The van der Waals surface area contributed by atoms with Crippen LogP contribution in [0.15, 0.2) is 0 Å². The van der Waals surface area contributed by atoms with Crippen molar-refractivity contribution in [3.05, 3.63) is 11.4 Å². The summed E-state index contributed by atoms with van der Waals surface area (Å²) in [5, 5.41) is 17.7. The van der Waals surface area contributed by atoms with Gasteiger partial charge in [0, 0.05) is 0 Å². The maximum Gasteiger partial charge on any atom is 0.360 e. The van der Waals surface area contributed by atoms with Gasteiger partial charge in [-0.3, -0.25) is 0 Å². The number of aliphatic hydroxyl groups is 1. The molecule has 0 unspecified atom stereocenters. The van der Waals surface area contributed by atoms with Crippen LogP contribution in [0.4, 0.5) is 0 Å². The number of hydrogen-bond acceptors (Lipinski definition) is 5. The summed E-state index contributed by atoms with van der Waals surface area (Å²) >= 11 is 0. The predicted molar refractivity (Wildman–Crippen MR) is 70.8 cm³/mol. The van der Waals surface area contributed by atoms with Crippen molar-refractivity contribution in [2.75, 3.05) is 6.61 Å². The number of ether oxygens (including phenoxy) is 1. The van der Waals surface area contributed by atoms with Gasteiger partial charge in [0.1, 0.15) is 0 Å². The lowest BCUT2D eigenvalue weighted by atomic mass is 10.1. The zero-order valence-corrected chi connectivity index (χ0v) is 12.3. The number of carbonyl (C=O) groups excluding carboxylic acids is 1. The monoisotopic (exact) mass is 269 g/mol. The molecule has 1 aromatic heterocycles. The van der Waals surface area contributed by atoms with Gasteiger partial charge in [-0.15, -0.1) is 5.10 Å². The fourth-order valence-electron chi connectivity index (χ4n) is 1.77. The number of aromatic nitrogens is 3. The molecule has 0 fully saturated rings. The molecule has 0 amide bonds. The quantitative estimate of drug-likeness (QED) is 0.790. The first-order valence-corrected chi connectivity index (χ1v) is 6.56. The Morgan fingerprint density at radius 3 is 2.58 bits per heavy atom. The van der Waals surface area contributed by atoms with E-state index in [0.29, 0.717) is 25.5 Å². The summed E-state index contributed by atoms with van der Waals surface area (Å²) in [6.07, 6.45) is 0.664. The van der Waals surface area contributed by atoms with Crippen molar-refractivity contribution in [3.63, 3.8) is 0 Å². The smallest absolute Gasteiger partial charge is 0.360 e. The molecule has 0 saturated carbocycles. The molecule has 1 N–H and O–H groups in total. The maximum atomic E-state index is 11.8. The van der Waals surface area contributed by atoms with Crippen LogP contribution in [0.5, 0.6) is 0 Å². The normalized spacial score (nSPS) is 11.9. The lowest BCUT2D eigenvalue weighted by Gasteiger charge is -2.18. The standard InChI is InChI=1S/C13H23N3O3/c1-6-19-12(17)11-10(7-9(2)3)16(15-14-11)8-13(4,5)18/h9,18H,6-8H2,1-5H3. The van der Waals surface area contributed by atoms with Gasteiger partial charge >= 0.3 is 5.97 Å². The third-order valence-corrected chi connectivity index (χ3v) is 2.44. The van der Waals surface area contributed by atoms with Crippen molar-refractivity contribution in [2.45, 2.75) is 53.2 Å². The first-order chi connectivity index (χ1) is 8.74. The van der Waals surface area contributed by atoms with Crippen LogP contribution in [0.2, 0.25) is 0 Å². The molecule has 0 aliphatic heterocycles. The minimum atomic E-state index is -0.911. The predicted octanol–water partition coefficient (Wildman–Crippen LogP) is 1.42. The molecule has 0 aromatic carbocycles. The van der Waals surface area contributed by atoms with Crippen molar-refractivity contribution in [2.24, 2.45) is 5.92 Å². The SMILES string of the molecule is CCOC(=O)c1nnn(CC(C)(C)O)c1CC(C)C. The van der Waals surface area contributed by atoms with Crippen LogP contribution < -0.4 is 0 Å². The Labute approximate surface area is 113 Å². The van der Waals surface area contributed by atoms with E-state index in [4.69, 9.17) is 4.74 Å². The summed E-state index contributed by atoms with van der Waals surface area (Å²) in [5.74, 6) is -0.104. The van der Waals surface area contributed by atoms with Gasteiger partial charge in [0.2, 0.25) is 0 Å². The van der Waals surface area contributed by atoms with Gasteiger partial charge in [-0.2, -0.15) is 0 Å². The Balaban J connectivity index is 3.08. The zero-order valence-electron chi connectivity index (χ0n) is 12.3. The van der Waals surface area contributed by atoms with Gasteiger partial charge in [0.25, 0.3) is 0 Å². The van der Waals surface area contributed by atoms with Gasteiger partial charge < -0.3 is 9.84 Å². The highest BCUT2D eigenvalue weighted by Gasteiger charge is 2.24. The molecule has 0 aliphatic carbocycles. The molecule has 6 nitrogen and oxygen atoms in total. The molecule has 19 heavy (non-hydrogen) atoms. The first-order valence-electron chi connectivity index (χ1n) is 6.56. The number of esters is 1. The fourth-order valence-corrected chi connectivity index (χ4v) is 1.77. The molecule has 1 rings (SSSR count). The summed E-state index contributed by atoms with van der Waals surface area (Å²) in [5.41, 5.74) is 0.0566. The van der Waals surface area contributed by atoms with Crippen molar-refractivity contribution < 1.29 is 14.6 Å². The Morgan fingerprint density at radius 2 is 2.11 bits per heavy atom. The van der Waals surface area contributed by atoms with Gasteiger partial charge in [0.15, 0.2) is 5.69 Å². The van der Waals surface area contributed by atoms with E-state index in [-0.39, 0.29) is 5.69 Å². The molecule has 108 valence electrons. The molecule has 1 heterocycles. The van der Waals surface area contributed by atoms with E-state index in [2.05, 4.69) is 24.2 Å². The molecule has 0 atom stereocenters. The highest BCUT2D eigenvalue weighted by molar-refractivity contribution is 5.88. The summed E-state index contributed by atoms with van der Waals surface area (Å²) in [4.78, 5) is 11.8. The van der Waals surface area contributed by atoms with Gasteiger partial charge in [-0.05, 0) is 33.1 Å². The summed E-state index contributed by atoms with van der Waals surface area (Å²) in [7, 11) is 0. The highest BCUT2D eigenvalue weighted by atomic mass is 16.5. The number of hydrogen-bond donors (Lipinski definition) is 1. The largest absolute Gasteiger partial charge is 0.461 e. The van der Waals surface area contributed by atoms with E-state index in [1.165, 1.54) is 0 Å². The molecule has 6 heteroatoms. The molecule has 0 aliphatic rings. The van der Waals surface area contributed by atoms with Gasteiger partial charge in [-0.25, -0.2) is 9.48 Å². The summed E-state index contributed by atoms with van der Waals surface area (Å²) < 4.78 is 6.57. The number of rotatable bonds is 6. The second kappa shape index (κ2) is 6.14. The maximum absolute atomic E-state index is 11.8. The molecule has 0 saturated heterocycles. The van der Waals surface area contributed by atoms with Crippen LogP contribution in [-0.4, -0.2) is 38.3 Å². The molecule has 0 radical (unpaired) electrons. The van der Waals surface area contributed by atoms with E-state index >= 15 is 0 Å². The third kappa shape index (κ3) is 4.63. The van der Waals surface area contributed by atoms with Crippen LogP contribution in [0.3, 0.4) is 0 Å². The van der Waals surface area contributed by atoms with Crippen LogP contribution in [0.1, 0.15) is 50.8 Å². The van der Waals surface area contributed by atoms with E-state index in [0.717, 1.165) is 5.69 Å².